The molecule has 0 saturated carbocycles. The summed E-state index contributed by atoms with van der Waals surface area (Å²) in [6, 6.07) is 8.24. The molecule has 3 amide bonds. The number of hydrogen-bond acceptors (Lipinski definition) is 5. The zero-order valence-corrected chi connectivity index (χ0v) is 27.5. The van der Waals surface area contributed by atoms with E-state index in [-0.39, 0.29) is 35.1 Å². The number of unbranched alkanes of at least 4 members (excludes halogenated alkanes) is 2. The highest BCUT2D eigenvalue weighted by Crippen LogP contribution is 2.61. The normalized spacial score (nSPS) is 28.2. The summed E-state index contributed by atoms with van der Waals surface area (Å²) in [6.45, 7) is 15.3. The molecule has 2 bridgehead atoms. The molecule has 0 aliphatic carbocycles. The van der Waals surface area contributed by atoms with Crippen LogP contribution < -0.4 is 0 Å². The topological polar surface area (TPSA) is 90.4 Å². The molecule has 1 N–H and O–H groups in total. The first-order valence-electron chi connectivity index (χ1n) is 15.7. The van der Waals surface area contributed by atoms with E-state index in [1.807, 2.05) is 44.2 Å². The lowest BCUT2D eigenvalue weighted by molar-refractivity contribution is -0.152. The van der Waals surface area contributed by atoms with Crippen molar-refractivity contribution in [2.24, 2.45) is 17.8 Å². The number of hydrogen-bond donors (Lipinski definition) is 1. The fourth-order valence-electron chi connectivity index (χ4n) is 7.42. The molecule has 3 heterocycles. The van der Waals surface area contributed by atoms with Gasteiger partial charge in [-0.15, -0.1) is 13.2 Å². The molecule has 3 saturated heterocycles. The van der Waals surface area contributed by atoms with Crippen molar-refractivity contribution in [3.63, 3.8) is 0 Å². The number of aliphatic hydroxyl groups excluding tert-OH is 1. The number of carbonyl (C=O) groups is 3. The number of benzene rings is 1. The Balaban J connectivity index is 1.77. The van der Waals surface area contributed by atoms with Gasteiger partial charge in [0.2, 0.25) is 17.7 Å². The highest BCUT2D eigenvalue weighted by molar-refractivity contribution is 9.09. The van der Waals surface area contributed by atoms with Gasteiger partial charge in [-0.2, -0.15) is 0 Å². The molecule has 7 atom stereocenters. The third kappa shape index (κ3) is 6.50. The number of halogens is 1. The maximum Gasteiger partial charge on any atom is 0.248 e. The summed E-state index contributed by atoms with van der Waals surface area (Å²) in [7, 11) is 0. The molecule has 8 nitrogen and oxygen atoms in total. The first-order valence-corrected chi connectivity index (χ1v) is 16.6. The van der Waals surface area contributed by atoms with Gasteiger partial charge < -0.3 is 24.5 Å². The maximum absolute atomic E-state index is 14.6. The highest BCUT2D eigenvalue weighted by atomic mass is 79.9. The summed E-state index contributed by atoms with van der Waals surface area (Å²) in [5.74, 6) is -2.06. The number of amides is 3. The molecular formula is C34H48BrN3O5. The number of likely N-dealkylation sites (tertiary alicyclic amines) is 1. The fraction of sp³-hybridized carbons (Fsp3) is 0.618. The predicted octanol–water partition coefficient (Wildman–Crippen LogP) is 4.56. The number of carbonyl (C=O) groups excluding carboxylic acids is 3. The zero-order chi connectivity index (χ0) is 31.3. The van der Waals surface area contributed by atoms with E-state index in [1.54, 1.807) is 26.9 Å². The number of fused-ring (bicyclic) bond motifs is 1. The minimum Gasteiger partial charge on any atom is -0.394 e. The smallest absolute Gasteiger partial charge is 0.248 e. The highest BCUT2D eigenvalue weighted by Gasteiger charge is 2.77. The molecule has 3 fully saturated rings. The van der Waals surface area contributed by atoms with Gasteiger partial charge in [0, 0.05) is 31.0 Å². The van der Waals surface area contributed by atoms with Gasteiger partial charge >= 0.3 is 0 Å². The van der Waals surface area contributed by atoms with Crippen LogP contribution in [0, 0.1) is 17.8 Å². The lowest BCUT2D eigenvalue weighted by Crippen LogP contribution is -2.59. The zero-order valence-electron chi connectivity index (χ0n) is 25.9. The largest absolute Gasteiger partial charge is 0.394 e. The second-order valence-corrected chi connectivity index (χ2v) is 13.8. The van der Waals surface area contributed by atoms with E-state index in [4.69, 9.17) is 4.74 Å². The van der Waals surface area contributed by atoms with Crippen LogP contribution in [0.5, 0.6) is 0 Å². The Morgan fingerprint density at radius 2 is 1.81 bits per heavy atom. The predicted molar refractivity (Wildman–Crippen MR) is 171 cm³/mol. The summed E-state index contributed by atoms with van der Waals surface area (Å²) in [5.41, 5.74) is -0.196. The van der Waals surface area contributed by atoms with Gasteiger partial charge in [-0.1, -0.05) is 92.0 Å². The molecule has 4 rings (SSSR count). The second kappa shape index (κ2) is 14.5. The Labute approximate surface area is 265 Å². The van der Waals surface area contributed by atoms with Crippen LogP contribution in [-0.2, 0) is 25.7 Å². The van der Waals surface area contributed by atoms with Crippen molar-refractivity contribution < 1.29 is 24.2 Å². The number of rotatable bonds is 16. The Morgan fingerprint density at radius 3 is 2.42 bits per heavy atom. The lowest BCUT2D eigenvalue weighted by atomic mass is 9.70. The Bertz CT molecular complexity index is 1160. The Kier molecular flexibility index (Phi) is 11.3. The van der Waals surface area contributed by atoms with E-state index in [9.17, 15) is 19.5 Å². The molecule has 3 aliphatic heterocycles. The molecule has 0 radical (unpaired) electrons. The molecule has 3 unspecified atom stereocenters. The number of alkyl halides is 1. The minimum absolute atomic E-state index is 0.179. The monoisotopic (exact) mass is 657 g/mol. The first-order chi connectivity index (χ1) is 20.6. The quantitative estimate of drug-likeness (QED) is 0.160. The van der Waals surface area contributed by atoms with Crippen LogP contribution in [-0.4, -0.2) is 92.4 Å². The van der Waals surface area contributed by atoms with E-state index < -0.39 is 35.6 Å². The van der Waals surface area contributed by atoms with Crippen LogP contribution in [0.1, 0.15) is 58.4 Å². The van der Waals surface area contributed by atoms with Crippen LogP contribution in [0.15, 0.2) is 55.6 Å². The van der Waals surface area contributed by atoms with Crippen molar-refractivity contribution in [1.29, 1.82) is 0 Å². The Morgan fingerprint density at radius 1 is 1.14 bits per heavy atom. The van der Waals surface area contributed by atoms with Crippen molar-refractivity contribution in [1.82, 2.24) is 14.7 Å². The van der Waals surface area contributed by atoms with Crippen molar-refractivity contribution >= 4 is 33.7 Å². The average molecular weight is 659 g/mol. The number of ether oxygens (including phenoxy) is 1. The summed E-state index contributed by atoms with van der Waals surface area (Å²) < 4.78 is 6.76. The maximum atomic E-state index is 14.6. The van der Waals surface area contributed by atoms with Gasteiger partial charge in [0.05, 0.1) is 30.6 Å². The molecule has 236 valence electrons. The van der Waals surface area contributed by atoms with Gasteiger partial charge in [0.15, 0.2) is 0 Å². The fourth-order valence-corrected chi connectivity index (χ4v) is 8.36. The molecule has 9 heteroatoms. The third-order valence-corrected chi connectivity index (χ3v) is 10.0. The van der Waals surface area contributed by atoms with E-state index in [0.717, 1.165) is 24.8 Å². The van der Waals surface area contributed by atoms with Crippen LogP contribution in [0.25, 0.3) is 0 Å². The average Bonchev–Trinajstić information content (AvgIpc) is 3.58. The van der Waals surface area contributed by atoms with Crippen molar-refractivity contribution in [2.75, 3.05) is 26.2 Å². The van der Waals surface area contributed by atoms with Gasteiger partial charge in [-0.05, 0) is 30.7 Å². The van der Waals surface area contributed by atoms with Crippen molar-refractivity contribution in [3.8, 4) is 0 Å². The summed E-state index contributed by atoms with van der Waals surface area (Å²) >= 11 is 3.78. The van der Waals surface area contributed by atoms with E-state index in [2.05, 4.69) is 36.0 Å². The van der Waals surface area contributed by atoms with E-state index >= 15 is 0 Å². The van der Waals surface area contributed by atoms with Gasteiger partial charge in [0.1, 0.15) is 11.6 Å². The standard InChI is InChI=1S/C34H48BrN3O5/c1-6-9-13-18-36(16-7-2)33(42)30-34-20-26(35)29(43-34)27(28(34)32(41)38(30)25(22-39)19-23(4)5)31(40)37(17-8-3)21-24-14-11-10-12-15-24/h7-8,10-12,14-15,23,25-30,39H,2-3,6,9,13,16-22H2,1,4-5H3/t25-,26?,27-,28+,29-,30?,34?/m1/s1. The van der Waals surface area contributed by atoms with Gasteiger partial charge in [0.25, 0.3) is 0 Å². The summed E-state index contributed by atoms with van der Waals surface area (Å²) in [6.07, 6.45) is 6.65. The van der Waals surface area contributed by atoms with Gasteiger partial charge in [-0.25, -0.2) is 0 Å². The van der Waals surface area contributed by atoms with Crippen LogP contribution in [0.3, 0.4) is 0 Å². The molecule has 1 spiro atoms. The molecule has 1 aromatic rings. The summed E-state index contributed by atoms with van der Waals surface area (Å²) in [4.78, 5) is 48.5. The third-order valence-electron chi connectivity index (χ3n) is 9.16. The minimum atomic E-state index is -1.17. The van der Waals surface area contributed by atoms with Crippen LogP contribution in [0.2, 0.25) is 0 Å². The van der Waals surface area contributed by atoms with Gasteiger partial charge in [-0.3, -0.25) is 14.4 Å². The molecule has 3 aliphatic rings. The van der Waals surface area contributed by atoms with Crippen LogP contribution in [0.4, 0.5) is 0 Å². The molecule has 43 heavy (non-hydrogen) atoms. The summed E-state index contributed by atoms with van der Waals surface area (Å²) in [5, 5.41) is 10.6. The lowest BCUT2D eigenvalue weighted by Gasteiger charge is -2.40. The van der Waals surface area contributed by atoms with Crippen LogP contribution >= 0.6 is 15.9 Å². The van der Waals surface area contributed by atoms with E-state index in [1.165, 1.54) is 0 Å². The molecule has 1 aromatic carbocycles. The van der Waals surface area contributed by atoms with Crippen molar-refractivity contribution in [2.45, 2.75) is 88.0 Å². The number of aliphatic hydroxyl groups is 1. The first kappa shape index (κ1) is 33.4. The molecular weight excluding hydrogens is 610 g/mol. The van der Waals surface area contributed by atoms with E-state index in [0.29, 0.717) is 39.0 Å². The SMILES string of the molecule is C=CCN(CCCCC)C(=O)C1N([C@@H](CO)CC(C)C)C(=O)[C@@H]2[C@@H](C(=O)N(CC=C)Cc3ccccc3)[C@@H]3OC12CC3Br. The molecule has 0 aromatic heterocycles. The second-order valence-electron chi connectivity index (χ2n) is 12.6. The Hall–Kier alpha value is -2.49. The van der Waals surface area contributed by atoms with Crippen molar-refractivity contribution in [3.05, 3.63) is 61.2 Å². The number of nitrogens with zero attached hydrogens (tertiary/aromatic N) is 3.